The number of para-hydroxylation sites is 1. The highest BCUT2D eigenvalue weighted by atomic mass is 35.5. The first kappa shape index (κ1) is 13.2. The Labute approximate surface area is 105 Å². The number of halogens is 1. The van der Waals surface area contributed by atoms with Crippen LogP contribution in [0.25, 0.3) is 0 Å². The van der Waals surface area contributed by atoms with Crippen molar-refractivity contribution in [3.8, 4) is 0 Å². The zero-order chi connectivity index (χ0) is 12.5. The third-order valence-corrected chi connectivity index (χ3v) is 2.13. The van der Waals surface area contributed by atoms with E-state index in [9.17, 15) is 4.79 Å². The van der Waals surface area contributed by atoms with Crippen LogP contribution in [0.5, 0.6) is 0 Å². The lowest BCUT2D eigenvalue weighted by Crippen LogP contribution is -2.28. The molecule has 0 spiro atoms. The second kappa shape index (κ2) is 7.38. The second-order valence-corrected chi connectivity index (χ2v) is 3.40. The molecule has 0 saturated carbocycles. The van der Waals surface area contributed by atoms with E-state index in [1.54, 1.807) is 36.7 Å². The number of carbonyl (C=O) groups is 1. The standard InChI is InChI=1S/C7H7ClN2O.C5H5N/c8-6-3-1-2-4-7(6)10(9)5-11;1-2-4-6-5-3-1/h1-5H,9H2;1-5H. The van der Waals surface area contributed by atoms with Gasteiger partial charge < -0.3 is 0 Å². The number of pyridine rings is 1. The Balaban J connectivity index is 0.000000202. The lowest BCUT2D eigenvalue weighted by molar-refractivity contribution is -0.107. The Bertz CT molecular complexity index is 424. The van der Waals surface area contributed by atoms with Crippen molar-refractivity contribution < 1.29 is 4.79 Å². The van der Waals surface area contributed by atoms with E-state index in [1.165, 1.54) is 0 Å². The summed E-state index contributed by atoms with van der Waals surface area (Å²) in [5.41, 5.74) is 0.504. The second-order valence-electron chi connectivity index (χ2n) is 2.99. The lowest BCUT2D eigenvalue weighted by atomic mass is 10.3. The lowest BCUT2D eigenvalue weighted by Gasteiger charge is -2.10. The molecule has 1 aromatic carbocycles. The Kier molecular flexibility index (Phi) is 5.71. The fourth-order valence-electron chi connectivity index (χ4n) is 1.03. The summed E-state index contributed by atoms with van der Waals surface area (Å²) >= 11 is 5.72. The fraction of sp³-hybridized carbons (Fsp3) is 0. The molecule has 0 radical (unpaired) electrons. The van der Waals surface area contributed by atoms with Gasteiger partial charge in [-0.3, -0.25) is 9.78 Å². The maximum Gasteiger partial charge on any atom is 0.228 e. The van der Waals surface area contributed by atoms with Crippen LogP contribution in [0.2, 0.25) is 5.02 Å². The molecule has 0 aliphatic rings. The first-order valence-corrected chi connectivity index (χ1v) is 5.22. The van der Waals surface area contributed by atoms with Crippen molar-refractivity contribution in [2.45, 2.75) is 0 Å². The third kappa shape index (κ3) is 4.63. The van der Waals surface area contributed by atoms with Gasteiger partial charge in [0.15, 0.2) is 0 Å². The van der Waals surface area contributed by atoms with E-state index in [0.717, 1.165) is 5.01 Å². The summed E-state index contributed by atoms with van der Waals surface area (Å²) in [6.07, 6.45) is 4.00. The molecule has 1 amide bonds. The van der Waals surface area contributed by atoms with Gasteiger partial charge in [0.1, 0.15) is 0 Å². The van der Waals surface area contributed by atoms with Crippen molar-refractivity contribution in [1.82, 2.24) is 4.98 Å². The summed E-state index contributed by atoms with van der Waals surface area (Å²) in [5, 5.41) is 1.39. The Hall–Kier alpha value is -1.91. The molecule has 17 heavy (non-hydrogen) atoms. The van der Waals surface area contributed by atoms with E-state index in [1.807, 2.05) is 18.2 Å². The van der Waals surface area contributed by atoms with E-state index in [2.05, 4.69) is 4.98 Å². The maximum atomic E-state index is 10.2. The number of anilines is 1. The van der Waals surface area contributed by atoms with E-state index in [0.29, 0.717) is 17.1 Å². The van der Waals surface area contributed by atoms with Gasteiger partial charge in [0.05, 0.1) is 10.7 Å². The first-order valence-electron chi connectivity index (χ1n) is 4.84. The topological polar surface area (TPSA) is 59.2 Å². The van der Waals surface area contributed by atoms with Crippen LogP contribution in [-0.4, -0.2) is 11.4 Å². The van der Waals surface area contributed by atoms with Gasteiger partial charge in [0, 0.05) is 12.4 Å². The summed E-state index contributed by atoms with van der Waals surface area (Å²) in [7, 11) is 0. The molecule has 2 aromatic rings. The minimum atomic E-state index is 0.460. The molecule has 0 aliphatic heterocycles. The van der Waals surface area contributed by atoms with Crippen LogP contribution in [0.15, 0.2) is 54.9 Å². The summed E-state index contributed by atoms with van der Waals surface area (Å²) in [4.78, 5) is 14.0. The summed E-state index contributed by atoms with van der Waals surface area (Å²) in [5.74, 6) is 5.28. The maximum absolute atomic E-state index is 10.2. The number of rotatable bonds is 2. The van der Waals surface area contributed by atoms with Gasteiger partial charge in [-0.2, -0.15) is 0 Å². The highest BCUT2D eigenvalue weighted by molar-refractivity contribution is 6.33. The molecule has 1 heterocycles. The summed E-state index contributed by atoms with van der Waals surface area (Å²) in [6.45, 7) is 0. The number of hydrazine groups is 1. The third-order valence-electron chi connectivity index (χ3n) is 1.81. The minimum absolute atomic E-state index is 0.460. The number of hydrogen-bond donors (Lipinski definition) is 1. The molecule has 1 aromatic heterocycles. The van der Waals surface area contributed by atoms with Gasteiger partial charge in [0.25, 0.3) is 0 Å². The molecule has 0 atom stereocenters. The predicted molar refractivity (Wildman–Crippen MR) is 68.4 cm³/mol. The molecule has 88 valence electrons. The molecular weight excluding hydrogens is 238 g/mol. The molecular formula is C12H12ClN3O. The van der Waals surface area contributed by atoms with E-state index in [4.69, 9.17) is 17.4 Å². The molecule has 0 aliphatic carbocycles. The van der Waals surface area contributed by atoms with Gasteiger partial charge in [-0.25, -0.2) is 10.9 Å². The van der Waals surface area contributed by atoms with Gasteiger partial charge >= 0.3 is 0 Å². The van der Waals surface area contributed by atoms with Crippen LogP contribution in [0.1, 0.15) is 0 Å². The number of aromatic nitrogens is 1. The van der Waals surface area contributed by atoms with Gasteiger partial charge in [-0.15, -0.1) is 0 Å². The van der Waals surface area contributed by atoms with Gasteiger partial charge in [-0.05, 0) is 24.3 Å². The van der Waals surface area contributed by atoms with Crippen LogP contribution in [-0.2, 0) is 4.79 Å². The monoisotopic (exact) mass is 249 g/mol. The van der Waals surface area contributed by atoms with E-state index >= 15 is 0 Å². The van der Waals surface area contributed by atoms with Crippen molar-refractivity contribution in [3.05, 3.63) is 59.9 Å². The van der Waals surface area contributed by atoms with Crippen LogP contribution >= 0.6 is 11.6 Å². The number of amides is 1. The summed E-state index contributed by atoms with van der Waals surface area (Å²) < 4.78 is 0. The zero-order valence-electron chi connectivity index (χ0n) is 9.03. The van der Waals surface area contributed by atoms with Crippen LogP contribution in [0.3, 0.4) is 0 Å². The quantitative estimate of drug-likeness (QED) is 0.384. The van der Waals surface area contributed by atoms with Crippen LogP contribution in [0.4, 0.5) is 5.69 Å². The predicted octanol–water partition coefficient (Wildman–Crippen LogP) is 2.26. The zero-order valence-corrected chi connectivity index (χ0v) is 9.79. The van der Waals surface area contributed by atoms with Crippen LogP contribution < -0.4 is 10.9 Å². The molecule has 2 N–H and O–H groups in total. The molecule has 0 saturated heterocycles. The van der Waals surface area contributed by atoms with Gasteiger partial charge in [-0.1, -0.05) is 29.8 Å². The molecule has 4 nitrogen and oxygen atoms in total. The number of nitrogens with two attached hydrogens (primary N) is 1. The molecule has 0 bridgehead atoms. The normalized spacial score (nSPS) is 8.82. The van der Waals surface area contributed by atoms with E-state index < -0.39 is 0 Å². The molecule has 2 rings (SSSR count). The van der Waals surface area contributed by atoms with Crippen molar-refractivity contribution >= 4 is 23.7 Å². The van der Waals surface area contributed by atoms with E-state index in [-0.39, 0.29) is 0 Å². The molecule has 0 fully saturated rings. The minimum Gasteiger partial charge on any atom is -0.277 e. The largest absolute Gasteiger partial charge is 0.277 e. The summed E-state index contributed by atoms with van der Waals surface area (Å²) in [6, 6.07) is 12.6. The van der Waals surface area contributed by atoms with Crippen molar-refractivity contribution in [2.24, 2.45) is 5.84 Å². The Morgan fingerprint density at radius 3 is 2.18 bits per heavy atom. The first-order chi connectivity index (χ1) is 8.25. The Morgan fingerprint density at radius 1 is 1.12 bits per heavy atom. The number of hydrogen-bond acceptors (Lipinski definition) is 3. The molecule has 5 heteroatoms. The number of carbonyl (C=O) groups excluding carboxylic acids is 1. The van der Waals surface area contributed by atoms with Crippen molar-refractivity contribution in [1.29, 1.82) is 0 Å². The SMILES string of the molecule is NN(C=O)c1ccccc1Cl.c1ccncc1. The number of nitrogens with zero attached hydrogens (tertiary/aromatic N) is 2. The number of benzene rings is 1. The smallest absolute Gasteiger partial charge is 0.228 e. The fourth-order valence-corrected chi connectivity index (χ4v) is 1.26. The average Bonchev–Trinajstić information content (AvgIpc) is 2.41. The highest BCUT2D eigenvalue weighted by Crippen LogP contribution is 2.21. The van der Waals surface area contributed by atoms with Crippen LogP contribution in [0, 0.1) is 0 Å². The highest BCUT2D eigenvalue weighted by Gasteiger charge is 2.02. The van der Waals surface area contributed by atoms with Crippen molar-refractivity contribution in [3.63, 3.8) is 0 Å². The Morgan fingerprint density at radius 2 is 1.76 bits per heavy atom. The van der Waals surface area contributed by atoms with Gasteiger partial charge in [0.2, 0.25) is 6.41 Å². The van der Waals surface area contributed by atoms with Crippen molar-refractivity contribution in [2.75, 3.05) is 5.01 Å². The molecule has 0 unspecified atom stereocenters. The average molecular weight is 250 g/mol.